The minimum Gasteiger partial charge on any atom is -0.335 e. The van der Waals surface area contributed by atoms with Gasteiger partial charge >= 0.3 is 0 Å². The number of aryl methyl sites for hydroxylation is 1. The standard InChI is InChI=1S/C17H20N2OS/c1-13-3-5-14(6-4-13)15-7-12-21-16(15)17(20)19-10-8-18(2)9-11-19/h3-7,12H,8-11H2,1-2H3. The van der Waals surface area contributed by atoms with Crippen molar-refractivity contribution in [1.82, 2.24) is 9.80 Å². The molecule has 0 unspecified atom stereocenters. The molecule has 21 heavy (non-hydrogen) atoms. The number of thiophene rings is 1. The first kappa shape index (κ1) is 14.3. The van der Waals surface area contributed by atoms with Crippen LogP contribution in [0.1, 0.15) is 15.2 Å². The predicted octanol–water partition coefficient (Wildman–Crippen LogP) is 3.11. The lowest BCUT2D eigenvalue weighted by atomic mass is 10.0. The van der Waals surface area contributed by atoms with E-state index in [1.807, 2.05) is 10.3 Å². The summed E-state index contributed by atoms with van der Waals surface area (Å²) in [6.45, 7) is 5.63. The van der Waals surface area contributed by atoms with Gasteiger partial charge in [-0.2, -0.15) is 0 Å². The van der Waals surface area contributed by atoms with E-state index in [-0.39, 0.29) is 5.91 Å². The van der Waals surface area contributed by atoms with E-state index in [4.69, 9.17) is 0 Å². The van der Waals surface area contributed by atoms with Crippen molar-refractivity contribution in [1.29, 1.82) is 0 Å². The topological polar surface area (TPSA) is 23.6 Å². The molecule has 1 aliphatic heterocycles. The number of nitrogens with zero attached hydrogens (tertiary/aromatic N) is 2. The van der Waals surface area contributed by atoms with E-state index in [2.05, 4.69) is 49.2 Å². The molecule has 4 heteroatoms. The van der Waals surface area contributed by atoms with Crippen LogP contribution < -0.4 is 0 Å². The number of amides is 1. The summed E-state index contributed by atoms with van der Waals surface area (Å²) in [6.07, 6.45) is 0. The molecule has 3 rings (SSSR count). The number of benzene rings is 1. The van der Waals surface area contributed by atoms with Crippen LogP contribution in [0.3, 0.4) is 0 Å². The fourth-order valence-electron chi connectivity index (χ4n) is 2.59. The van der Waals surface area contributed by atoms with E-state index in [0.29, 0.717) is 0 Å². The van der Waals surface area contributed by atoms with Crippen molar-refractivity contribution in [2.45, 2.75) is 6.92 Å². The summed E-state index contributed by atoms with van der Waals surface area (Å²) >= 11 is 1.55. The van der Waals surface area contributed by atoms with Crippen LogP contribution in [-0.4, -0.2) is 48.9 Å². The molecule has 1 aromatic carbocycles. The largest absolute Gasteiger partial charge is 0.335 e. The Labute approximate surface area is 129 Å². The van der Waals surface area contributed by atoms with Gasteiger partial charge in [-0.3, -0.25) is 4.79 Å². The van der Waals surface area contributed by atoms with Gasteiger partial charge in [-0.25, -0.2) is 0 Å². The van der Waals surface area contributed by atoms with E-state index in [9.17, 15) is 4.79 Å². The fourth-order valence-corrected chi connectivity index (χ4v) is 3.47. The monoisotopic (exact) mass is 300 g/mol. The first-order valence-corrected chi connectivity index (χ1v) is 8.15. The third kappa shape index (κ3) is 3.01. The summed E-state index contributed by atoms with van der Waals surface area (Å²) in [5.74, 6) is 0.175. The van der Waals surface area contributed by atoms with E-state index in [1.54, 1.807) is 11.3 Å². The van der Waals surface area contributed by atoms with Crippen LogP contribution >= 0.6 is 11.3 Å². The third-order valence-electron chi connectivity index (χ3n) is 4.01. The van der Waals surface area contributed by atoms with E-state index in [0.717, 1.165) is 42.2 Å². The molecular weight excluding hydrogens is 280 g/mol. The number of likely N-dealkylation sites (N-methyl/N-ethyl adjacent to an activating group) is 1. The summed E-state index contributed by atoms with van der Waals surface area (Å²) in [4.78, 5) is 17.8. The Hall–Kier alpha value is -1.65. The summed E-state index contributed by atoms with van der Waals surface area (Å²) in [5, 5.41) is 2.01. The molecule has 0 saturated carbocycles. The second-order valence-corrected chi connectivity index (χ2v) is 6.54. The fraction of sp³-hybridized carbons (Fsp3) is 0.353. The lowest BCUT2D eigenvalue weighted by Gasteiger charge is -2.32. The molecule has 0 aliphatic carbocycles. The zero-order chi connectivity index (χ0) is 14.8. The van der Waals surface area contributed by atoms with Crippen LogP contribution in [0.15, 0.2) is 35.7 Å². The average molecular weight is 300 g/mol. The van der Waals surface area contributed by atoms with Gasteiger partial charge in [0.2, 0.25) is 0 Å². The molecule has 0 radical (unpaired) electrons. The van der Waals surface area contributed by atoms with Gasteiger partial charge in [0.05, 0.1) is 4.88 Å². The van der Waals surface area contributed by atoms with Crippen molar-refractivity contribution in [2.24, 2.45) is 0 Å². The molecule has 1 saturated heterocycles. The van der Waals surface area contributed by atoms with E-state index >= 15 is 0 Å². The zero-order valence-corrected chi connectivity index (χ0v) is 13.3. The second kappa shape index (κ2) is 6.00. The van der Waals surface area contributed by atoms with Crippen LogP contribution in [0.2, 0.25) is 0 Å². The van der Waals surface area contributed by atoms with Gasteiger partial charge in [0.15, 0.2) is 0 Å². The summed E-state index contributed by atoms with van der Waals surface area (Å²) < 4.78 is 0. The Morgan fingerprint density at radius 2 is 1.71 bits per heavy atom. The SMILES string of the molecule is Cc1ccc(-c2ccsc2C(=O)N2CCN(C)CC2)cc1. The summed E-state index contributed by atoms with van der Waals surface area (Å²) in [5.41, 5.74) is 3.42. The molecule has 0 N–H and O–H groups in total. The van der Waals surface area contributed by atoms with Gasteiger partial charge in [-0.15, -0.1) is 11.3 Å². The Bertz CT molecular complexity index is 624. The molecule has 110 valence electrons. The van der Waals surface area contributed by atoms with Crippen molar-refractivity contribution < 1.29 is 4.79 Å². The summed E-state index contributed by atoms with van der Waals surface area (Å²) in [6, 6.07) is 10.4. The number of carbonyl (C=O) groups excluding carboxylic acids is 1. The number of piperazine rings is 1. The quantitative estimate of drug-likeness (QED) is 0.851. The maximum Gasteiger partial charge on any atom is 0.264 e. The van der Waals surface area contributed by atoms with Gasteiger partial charge in [0.1, 0.15) is 0 Å². The Balaban J connectivity index is 1.85. The van der Waals surface area contributed by atoms with Crippen LogP contribution in [0.5, 0.6) is 0 Å². The third-order valence-corrected chi connectivity index (χ3v) is 4.91. The highest BCUT2D eigenvalue weighted by atomic mass is 32.1. The molecule has 1 amide bonds. The lowest BCUT2D eigenvalue weighted by molar-refractivity contribution is 0.0669. The molecule has 3 nitrogen and oxygen atoms in total. The molecule has 0 bridgehead atoms. The molecule has 1 aliphatic rings. The van der Waals surface area contributed by atoms with Crippen molar-refractivity contribution in [3.63, 3.8) is 0 Å². The Morgan fingerprint density at radius 3 is 2.38 bits per heavy atom. The highest BCUT2D eigenvalue weighted by molar-refractivity contribution is 7.12. The molecule has 0 spiro atoms. The molecule has 0 atom stereocenters. The van der Waals surface area contributed by atoms with Crippen LogP contribution in [0.4, 0.5) is 0 Å². The molecular formula is C17H20N2OS. The van der Waals surface area contributed by atoms with Gasteiger partial charge in [-0.1, -0.05) is 29.8 Å². The van der Waals surface area contributed by atoms with Gasteiger partial charge in [0.25, 0.3) is 5.91 Å². The van der Waals surface area contributed by atoms with Crippen molar-refractivity contribution in [3.8, 4) is 11.1 Å². The highest BCUT2D eigenvalue weighted by Gasteiger charge is 2.23. The predicted molar refractivity (Wildman–Crippen MR) is 87.9 cm³/mol. The van der Waals surface area contributed by atoms with Crippen molar-refractivity contribution >= 4 is 17.2 Å². The normalized spacial score (nSPS) is 16.2. The van der Waals surface area contributed by atoms with Crippen LogP contribution in [0.25, 0.3) is 11.1 Å². The maximum atomic E-state index is 12.7. The number of hydrogen-bond acceptors (Lipinski definition) is 3. The first-order valence-electron chi connectivity index (χ1n) is 7.27. The van der Waals surface area contributed by atoms with Crippen molar-refractivity contribution in [2.75, 3.05) is 33.2 Å². The number of carbonyl (C=O) groups is 1. The summed E-state index contributed by atoms with van der Waals surface area (Å²) in [7, 11) is 2.10. The lowest BCUT2D eigenvalue weighted by Crippen LogP contribution is -2.47. The minimum atomic E-state index is 0.175. The minimum absolute atomic E-state index is 0.175. The maximum absolute atomic E-state index is 12.7. The Kier molecular flexibility index (Phi) is 4.08. The van der Waals surface area contributed by atoms with Gasteiger partial charge in [0, 0.05) is 31.7 Å². The van der Waals surface area contributed by atoms with Crippen molar-refractivity contribution in [3.05, 3.63) is 46.2 Å². The number of rotatable bonds is 2. The highest BCUT2D eigenvalue weighted by Crippen LogP contribution is 2.29. The van der Waals surface area contributed by atoms with E-state index < -0.39 is 0 Å². The molecule has 1 fully saturated rings. The molecule has 1 aromatic heterocycles. The first-order chi connectivity index (χ1) is 10.1. The van der Waals surface area contributed by atoms with Gasteiger partial charge < -0.3 is 9.80 Å². The average Bonchev–Trinajstić information content (AvgIpc) is 2.97. The zero-order valence-electron chi connectivity index (χ0n) is 12.5. The molecule has 2 aromatic rings. The smallest absolute Gasteiger partial charge is 0.264 e. The van der Waals surface area contributed by atoms with E-state index in [1.165, 1.54) is 5.56 Å². The van der Waals surface area contributed by atoms with Gasteiger partial charge in [-0.05, 0) is 31.0 Å². The Morgan fingerprint density at radius 1 is 1.05 bits per heavy atom. The second-order valence-electron chi connectivity index (χ2n) is 5.62. The van der Waals surface area contributed by atoms with Crippen LogP contribution in [-0.2, 0) is 0 Å². The molecule has 2 heterocycles. The number of hydrogen-bond donors (Lipinski definition) is 0. The van der Waals surface area contributed by atoms with Crippen LogP contribution in [0, 0.1) is 6.92 Å².